The first-order valence-electron chi connectivity index (χ1n) is 7.89. The molecule has 6 heteroatoms. The van der Waals surface area contributed by atoms with E-state index >= 15 is 0 Å². The monoisotopic (exact) mass is 347 g/mol. The maximum atomic E-state index is 9.07. The molecule has 0 aliphatic rings. The first kappa shape index (κ1) is 15.4. The molecule has 2 heterocycles. The number of aromatic amines is 1. The largest absolute Gasteiger partial charge is 0.342 e. The van der Waals surface area contributed by atoms with Crippen molar-refractivity contribution in [1.82, 2.24) is 19.5 Å². The highest BCUT2D eigenvalue weighted by Crippen LogP contribution is 2.20. The van der Waals surface area contributed by atoms with E-state index in [0.717, 1.165) is 41.2 Å². The van der Waals surface area contributed by atoms with Gasteiger partial charge in [-0.05, 0) is 30.3 Å². The molecule has 25 heavy (non-hydrogen) atoms. The third kappa shape index (κ3) is 3.12. The molecule has 0 amide bonds. The van der Waals surface area contributed by atoms with E-state index in [2.05, 4.69) is 25.6 Å². The highest BCUT2D eigenvalue weighted by Gasteiger charge is 2.09. The topological polar surface area (TPSA) is 70.3 Å². The van der Waals surface area contributed by atoms with Gasteiger partial charge in [-0.15, -0.1) is 0 Å². The van der Waals surface area contributed by atoms with E-state index in [9.17, 15) is 0 Å². The van der Waals surface area contributed by atoms with Crippen LogP contribution in [0.5, 0.6) is 0 Å². The number of imidazole rings is 2. The van der Waals surface area contributed by atoms with Crippen LogP contribution in [0.4, 0.5) is 0 Å². The molecule has 0 bridgehead atoms. The fourth-order valence-corrected chi connectivity index (χ4v) is 3.03. The molecule has 4 aromatic rings. The molecule has 2 aromatic heterocycles. The molecule has 0 atom stereocenters. The van der Waals surface area contributed by atoms with Crippen LogP contribution in [0.3, 0.4) is 0 Å². The number of halogens is 1. The number of rotatable bonds is 4. The lowest BCUT2D eigenvalue weighted by Crippen LogP contribution is -2.03. The average Bonchev–Trinajstić information content (AvgIpc) is 3.25. The van der Waals surface area contributed by atoms with E-state index in [-0.39, 0.29) is 0 Å². The smallest absolute Gasteiger partial charge is 0.139 e. The Labute approximate surface area is 149 Å². The Morgan fingerprint density at radius 2 is 2.12 bits per heavy atom. The summed E-state index contributed by atoms with van der Waals surface area (Å²) in [4.78, 5) is 12.3. The van der Waals surface area contributed by atoms with Gasteiger partial charge < -0.3 is 9.55 Å². The average molecular weight is 348 g/mol. The molecular formula is C19H14ClN5. The summed E-state index contributed by atoms with van der Waals surface area (Å²) in [6, 6.07) is 15.3. The van der Waals surface area contributed by atoms with Crippen LogP contribution in [0.25, 0.3) is 22.4 Å². The van der Waals surface area contributed by atoms with E-state index in [4.69, 9.17) is 16.9 Å². The van der Waals surface area contributed by atoms with Crippen LogP contribution < -0.4 is 0 Å². The highest BCUT2D eigenvalue weighted by molar-refractivity contribution is 6.31. The Kier molecular flexibility index (Phi) is 3.96. The molecule has 2 aromatic carbocycles. The summed E-state index contributed by atoms with van der Waals surface area (Å²) >= 11 is 6.02. The van der Waals surface area contributed by atoms with Gasteiger partial charge in [0.25, 0.3) is 0 Å². The second kappa shape index (κ2) is 6.42. The molecule has 1 N–H and O–H groups in total. The number of benzene rings is 2. The SMILES string of the molecule is N#Cc1cccc(-c2nccn2CCc2nc3ccc(Cl)cc3[nH]2)c1. The van der Waals surface area contributed by atoms with E-state index in [1.54, 1.807) is 12.3 Å². The second-order valence-corrected chi connectivity index (χ2v) is 6.17. The Hall–Kier alpha value is -3.10. The third-order valence-corrected chi connectivity index (χ3v) is 4.28. The van der Waals surface area contributed by atoms with E-state index in [1.807, 2.05) is 42.6 Å². The molecule has 0 spiro atoms. The van der Waals surface area contributed by atoms with Gasteiger partial charge in [0.05, 0.1) is 22.7 Å². The van der Waals surface area contributed by atoms with Gasteiger partial charge in [0.1, 0.15) is 11.6 Å². The number of H-pyrrole nitrogens is 1. The molecule has 0 fully saturated rings. The van der Waals surface area contributed by atoms with Gasteiger partial charge >= 0.3 is 0 Å². The minimum absolute atomic E-state index is 0.626. The quantitative estimate of drug-likeness (QED) is 0.601. The van der Waals surface area contributed by atoms with Crippen molar-refractivity contribution in [2.24, 2.45) is 0 Å². The fourth-order valence-electron chi connectivity index (χ4n) is 2.86. The van der Waals surface area contributed by atoms with Crippen LogP contribution in [-0.4, -0.2) is 19.5 Å². The van der Waals surface area contributed by atoms with Crippen molar-refractivity contribution < 1.29 is 0 Å². The lowest BCUT2D eigenvalue weighted by Gasteiger charge is -2.07. The summed E-state index contributed by atoms with van der Waals surface area (Å²) in [6.45, 7) is 0.736. The van der Waals surface area contributed by atoms with Crippen LogP contribution in [0, 0.1) is 11.3 Å². The number of aromatic nitrogens is 4. The Morgan fingerprint density at radius 1 is 1.20 bits per heavy atom. The Bertz CT molecular complexity index is 1090. The minimum atomic E-state index is 0.626. The van der Waals surface area contributed by atoms with Crippen LogP contribution in [-0.2, 0) is 13.0 Å². The van der Waals surface area contributed by atoms with Gasteiger partial charge in [-0.3, -0.25) is 0 Å². The molecule has 0 saturated carbocycles. The maximum Gasteiger partial charge on any atom is 0.139 e. The predicted molar refractivity (Wildman–Crippen MR) is 97.2 cm³/mol. The van der Waals surface area contributed by atoms with Gasteiger partial charge in [0.2, 0.25) is 0 Å². The molecule has 0 aliphatic heterocycles. The summed E-state index contributed by atoms with van der Waals surface area (Å²) in [5.74, 6) is 1.75. The number of aryl methyl sites for hydroxylation is 2. The third-order valence-electron chi connectivity index (χ3n) is 4.05. The lowest BCUT2D eigenvalue weighted by molar-refractivity contribution is 0.684. The van der Waals surface area contributed by atoms with Crippen molar-refractivity contribution in [3.05, 3.63) is 71.3 Å². The predicted octanol–water partition coefficient (Wildman–Crippen LogP) is 4.19. The number of fused-ring (bicyclic) bond motifs is 1. The van der Waals surface area contributed by atoms with Crippen molar-refractivity contribution in [2.45, 2.75) is 13.0 Å². The second-order valence-electron chi connectivity index (χ2n) is 5.73. The molecule has 4 rings (SSSR count). The van der Waals surface area contributed by atoms with Crippen LogP contribution in [0.2, 0.25) is 5.02 Å². The normalized spacial score (nSPS) is 10.9. The summed E-state index contributed by atoms with van der Waals surface area (Å²) in [6.07, 6.45) is 4.45. The van der Waals surface area contributed by atoms with Crippen molar-refractivity contribution in [3.8, 4) is 17.5 Å². The molecule has 0 radical (unpaired) electrons. The van der Waals surface area contributed by atoms with Gasteiger partial charge in [0.15, 0.2) is 0 Å². The first-order chi connectivity index (χ1) is 12.2. The molecule has 0 aliphatic carbocycles. The fraction of sp³-hybridized carbons (Fsp3) is 0.105. The van der Waals surface area contributed by atoms with Gasteiger partial charge in [-0.2, -0.15) is 5.26 Å². The zero-order chi connectivity index (χ0) is 17.2. The Balaban J connectivity index is 1.57. The summed E-state index contributed by atoms with van der Waals surface area (Å²) in [7, 11) is 0. The zero-order valence-electron chi connectivity index (χ0n) is 13.3. The maximum absolute atomic E-state index is 9.07. The number of nitriles is 1. The van der Waals surface area contributed by atoms with Gasteiger partial charge in [0, 0.05) is 35.9 Å². The molecule has 0 saturated heterocycles. The van der Waals surface area contributed by atoms with Crippen molar-refractivity contribution >= 4 is 22.6 Å². The summed E-state index contributed by atoms with van der Waals surface area (Å²) in [5, 5.41) is 9.76. The van der Waals surface area contributed by atoms with Crippen LogP contribution in [0.15, 0.2) is 54.9 Å². The first-order valence-corrected chi connectivity index (χ1v) is 8.26. The number of hydrogen-bond acceptors (Lipinski definition) is 3. The zero-order valence-corrected chi connectivity index (χ0v) is 14.0. The highest BCUT2D eigenvalue weighted by atomic mass is 35.5. The van der Waals surface area contributed by atoms with Crippen molar-refractivity contribution in [1.29, 1.82) is 5.26 Å². The van der Waals surface area contributed by atoms with E-state index < -0.39 is 0 Å². The molecular weight excluding hydrogens is 334 g/mol. The molecule has 0 unspecified atom stereocenters. The summed E-state index contributed by atoms with van der Waals surface area (Å²) in [5.41, 5.74) is 3.41. The summed E-state index contributed by atoms with van der Waals surface area (Å²) < 4.78 is 2.07. The van der Waals surface area contributed by atoms with E-state index in [1.165, 1.54) is 0 Å². The minimum Gasteiger partial charge on any atom is -0.342 e. The van der Waals surface area contributed by atoms with Crippen LogP contribution in [0.1, 0.15) is 11.4 Å². The number of hydrogen-bond donors (Lipinski definition) is 1. The standard InChI is InChI=1S/C19H14ClN5/c20-15-4-5-16-17(11-15)24-18(23-16)6-8-25-9-7-22-19(25)14-3-1-2-13(10-14)12-21/h1-5,7,9-11H,6,8H2,(H,23,24). The number of nitrogens with one attached hydrogen (secondary N) is 1. The van der Waals surface area contributed by atoms with Crippen molar-refractivity contribution in [3.63, 3.8) is 0 Å². The Morgan fingerprint density at radius 3 is 3.00 bits per heavy atom. The molecule has 5 nitrogen and oxygen atoms in total. The van der Waals surface area contributed by atoms with Gasteiger partial charge in [-0.25, -0.2) is 9.97 Å². The molecule has 122 valence electrons. The van der Waals surface area contributed by atoms with Gasteiger partial charge in [-0.1, -0.05) is 23.7 Å². The van der Waals surface area contributed by atoms with Crippen LogP contribution >= 0.6 is 11.6 Å². The van der Waals surface area contributed by atoms with E-state index in [0.29, 0.717) is 10.6 Å². The lowest BCUT2D eigenvalue weighted by atomic mass is 10.1. The number of nitrogens with zero attached hydrogens (tertiary/aromatic N) is 4. The van der Waals surface area contributed by atoms with Crippen molar-refractivity contribution in [2.75, 3.05) is 0 Å².